The summed E-state index contributed by atoms with van der Waals surface area (Å²) in [7, 11) is -4.20. The van der Waals surface area contributed by atoms with E-state index in [-0.39, 0.29) is 35.5 Å². The van der Waals surface area contributed by atoms with Crippen molar-refractivity contribution in [2.24, 2.45) is 0 Å². The lowest BCUT2D eigenvalue weighted by atomic mass is 10.0. The number of hydrogen-bond donors (Lipinski definition) is 1. The number of nitrogens with one attached hydrogen (secondary N) is 1. The molecule has 10 heteroatoms. The standard InChI is InChI=1S/C33H33Cl2N3O4S/c1-24(2)36-33(40)31(20-25-11-5-3-6-12-25)37(22-26-13-9-14-27(34)19-26)32(39)23-38(29-16-10-15-28(35)21-29)43(41,42)30-17-7-4-8-18-30/h3-19,21,24,31H,20,22-23H2,1-2H3,(H,36,40). The fourth-order valence-electron chi connectivity index (χ4n) is 4.65. The van der Waals surface area contributed by atoms with E-state index in [0.717, 1.165) is 9.87 Å². The number of amides is 2. The minimum absolute atomic E-state index is 0.0163. The Hall–Kier alpha value is -3.85. The first kappa shape index (κ1) is 32.1. The number of nitrogens with zero attached hydrogens (tertiary/aromatic N) is 2. The van der Waals surface area contributed by atoms with Gasteiger partial charge in [-0.15, -0.1) is 0 Å². The van der Waals surface area contributed by atoms with Crippen molar-refractivity contribution in [2.75, 3.05) is 10.8 Å². The molecule has 224 valence electrons. The quantitative estimate of drug-likeness (QED) is 0.196. The molecule has 1 atom stereocenters. The number of carbonyl (C=O) groups excluding carboxylic acids is 2. The van der Waals surface area contributed by atoms with E-state index in [0.29, 0.717) is 15.6 Å². The second-order valence-electron chi connectivity index (χ2n) is 10.3. The van der Waals surface area contributed by atoms with Crippen molar-refractivity contribution < 1.29 is 18.0 Å². The van der Waals surface area contributed by atoms with Crippen LogP contribution in [0.1, 0.15) is 25.0 Å². The third-order valence-electron chi connectivity index (χ3n) is 6.65. The Morgan fingerprint density at radius 3 is 1.95 bits per heavy atom. The van der Waals surface area contributed by atoms with Crippen molar-refractivity contribution in [3.63, 3.8) is 0 Å². The first-order valence-electron chi connectivity index (χ1n) is 13.8. The SMILES string of the molecule is CC(C)NC(=O)C(Cc1ccccc1)N(Cc1cccc(Cl)c1)C(=O)CN(c1cccc(Cl)c1)S(=O)(=O)c1ccccc1. The molecule has 0 spiro atoms. The molecule has 0 fully saturated rings. The van der Waals surface area contributed by atoms with Crippen LogP contribution in [0.2, 0.25) is 10.0 Å². The van der Waals surface area contributed by atoms with Crippen LogP contribution in [0.4, 0.5) is 5.69 Å². The van der Waals surface area contributed by atoms with Crippen molar-refractivity contribution in [1.82, 2.24) is 10.2 Å². The smallest absolute Gasteiger partial charge is 0.264 e. The van der Waals surface area contributed by atoms with E-state index in [1.165, 1.54) is 23.1 Å². The molecule has 0 aliphatic heterocycles. The van der Waals surface area contributed by atoms with Crippen LogP contribution >= 0.6 is 23.2 Å². The predicted molar refractivity (Wildman–Crippen MR) is 172 cm³/mol. The number of hydrogen-bond acceptors (Lipinski definition) is 4. The lowest BCUT2D eigenvalue weighted by Crippen LogP contribution is -2.54. The molecule has 0 aliphatic carbocycles. The molecule has 0 aromatic heterocycles. The van der Waals surface area contributed by atoms with Crippen LogP contribution in [0, 0.1) is 0 Å². The third kappa shape index (κ3) is 8.60. The number of anilines is 1. The molecule has 0 saturated carbocycles. The van der Waals surface area contributed by atoms with Gasteiger partial charge in [0.15, 0.2) is 0 Å². The average molecular weight is 639 g/mol. The van der Waals surface area contributed by atoms with Crippen molar-refractivity contribution in [3.8, 4) is 0 Å². The van der Waals surface area contributed by atoms with Gasteiger partial charge in [-0.1, -0.05) is 89.9 Å². The summed E-state index contributed by atoms with van der Waals surface area (Å²) in [5, 5.41) is 3.72. The van der Waals surface area contributed by atoms with E-state index in [9.17, 15) is 18.0 Å². The van der Waals surface area contributed by atoms with E-state index in [4.69, 9.17) is 23.2 Å². The first-order chi connectivity index (χ1) is 20.5. The van der Waals surface area contributed by atoms with Crippen molar-refractivity contribution in [1.29, 1.82) is 0 Å². The highest BCUT2D eigenvalue weighted by Crippen LogP contribution is 2.27. The molecule has 4 aromatic carbocycles. The zero-order valence-electron chi connectivity index (χ0n) is 23.9. The second-order valence-corrected chi connectivity index (χ2v) is 13.1. The maximum atomic E-state index is 14.4. The number of sulfonamides is 1. The lowest BCUT2D eigenvalue weighted by molar-refractivity contribution is -0.140. The Morgan fingerprint density at radius 2 is 1.35 bits per heavy atom. The van der Waals surface area contributed by atoms with Crippen LogP contribution in [0.25, 0.3) is 0 Å². The first-order valence-corrected chi connectivity index (χ1v) is 16.0. The highest BCUT2D eigenvalue weighted by atomic mass is 35.5. The number of rotatable bonds is 12. The Kier molecular flexibility index (Phi) is 10.9. The van der Waals surface area contributed by atoms with Crippen LogP contribution in [-0.4, -0.2) is 43.8 Å². The van der Waals surface area contributed by atoms with Gasteiger partial charge in [-0.3, -0.25) is 13.9 Å². The highest BCUT2D eigenvalue weighted by molar-refractivity contribution is 7.92. The molecule has 7 nitrogen and oxygen atoms in total. The molecule has 0 radical (unpaired) electrons. The fraction of sp³-hybridized carbons (Fsp3) is 0.212. The van der Waals surface area contributed by atoms with Gasteiger partial charge in [-0.2, -0.15) is 0 Å². The number of halogens is 2. The van der Waals surface area contributed by atoms with E-state index < -0.39 is 28.5 Å². The topological polar surface area (TPSA) is 86.8 Å². The van der Waals surface area contributed by atoms with Crippen LogP contribution in [0.3, 0.4) is 0 Å². The zero-order valence-corrected chi connectivity index (χ0v) is 26.2. The average Bonchev–Trinajstić information content (AvgIpc) is 2.98. The molecular weight excluding hydrogens is 605 g/mol. The summed E-state index contributed by atoms with van der Waals surface area (Å²) in [4.78, 5) is 29.5. The molecule has 1 unspecified atom stereocenters. The summed E-state index contributed by atoms with van der Waals surface area (Å²) in [6, 6.07) is 29.4. The Balaban J connectivity index is 1.80. The fourth-order valence-corrected chi connectivity index (χ4v) is 6.47. The summed E-state index contributed by atoms with van der Waals surface area (Å²) in [6.07, 6.45) is 0.217. The van der Waals surface area contributed by atoms with Crippen LogP contribution in [0.15, 0.2) is 114 Å². The normalized spacial score (nSPS) is 12.0. The van der Waals surface area contributed by atoms with Gasteiger partial charge in [0.25, 0.3) is 10.0 Å². The lowest BCUT2D eigenvalue weighted by Gasteiger charge is -2.34. The second kappa shape index (κ2) is 14.6. The largest absolute Gasteiger partial charge is 0.352 e. The van der Waals surface area contributed by atoms with Gasteiger partial charge in [-0.25, -0.2) is 8.42 Å². The van der Waals surface area contributed by atoms with Crippen molar-refractivity contribution in [3.05, 3.63) is 130 Å². The molecule has 4 aromatic rings. The summed E-state index contributed by atoms with van der Waals surface area (Å²) in [5.41, 5.74) is 1.76. The van der Waals surface area contributed by atoms with Gasteiger partial charge in [0.05, 0.1) is 10.6 Å². The van der Waals surface area contributed by atoms with Gasteiger partial charge in [0, 0.05) is 29.1 Å². The number of benzene rings is 4. The maximum Gasteiger partial charge on any atom is 0.264 e. The maximum absolute atomic E-state index is 14.4. The van der Waals surface area contributed by atoms with Gasteiger partial charge in [-0.05, 0) is 67.4 Å². The van der Waals surface area contributed by atoms with E-state index >= 15 is 0 Å². The minimum Gasteiger partial charge on any atom is -0.352 e. The Morgan fingerprint density at radius 1 is 0.767 bits per heavy atom. The van der Waals surface area contributed by atoms with Crippen LogP contribution < -0.4 is 9.62 Å². The van der Waals surface area contributed by atoms with Crippen molar-refractivity contribution in [2.45, 2.75) is 43.8 Å². The van der Waals surface area contributed by atoms with E-state index in [2.05, 4.69) is 5.32 Å². The Bertz CT molecular complexity index is 1650. The van der Waals surface area contributed by atoms with Crippen molar-refractivity contribution >= 4 is 50.7 Å². The Labute approximate surface area is 263 Å². The van der Waals surface area contributed by atoms with Crippen LogP contribution in [0.5, 0.6) is 0 Å². The van der Waals surface area contributed by atoms with E-state index in [1.807, 2.05) is 50.2 Å². The molecule has 4 rings (SSSR count). The molecule has 43 heavy (non-hydrogen) atoms. The molecule has 0 aliphatic rings. The summed E-state index contributed by atoms with van der Waals surface area (Å²) >= 11 is 12.5. The molecular formula is C33H33Cl2N3O4S. The summed E-state index contributed by atoms with van der Waals surface area (Å²) in [6.45, 7) is 3.14. The van der Waals surface area contributed by atoms with Crippen LogP contribution in [-0.2, 0) is 32.6 Å². The molecule has 0 bridgehead atoms. The molecule has 1 N–H and O–H groups in total. The van der Waals surface area contributed by atoms with Gasteiger partial charge < -0.3 is 10.2 Å². The monoisotopic (exact) mass is 637 g/mol. The summed E-state index contributed by atoms with van der Waals surface area (Å²) in [5.74, 6) is -0.922. The zero-order chi connectivity index (χ0) is 31.0. The minimum atomic E-state index is -4.20. The predicted octanol–water partition coefficient (Wildman–Crippen LogP) is 6.35. The van der Waals surface area contributed by atoms with Gasteiger partial charge >= 0.3 is 0 Å². The van der Waals surface area contributed by atoms with Gasteiger partial charge in [0.2, 0.25) is 11.8 Å². The molecule has 0 saturated heterocycles. The van der Waals surface area contributed by atoms with Gasteiger partial charge in [0.1, 0.15) is 12.6 Å². The third-order valence-corrected chi connectivity index (χ3v) is 8.91. The van der Waals surface area contributed by atoms with E-state index in [1.54, 1.807) is 54.6 Å². The number of carbonyl (C=O) groups is 2. The highest BCUT2D eigenvalue weighted by Gasteiger charge is 2.34. The summed E-state index contributed by atoms with van der Waals surface area (Å²) < 4.78 is 29.0. The molecule has 2 amide bonds. The molecule has 0 heterocycles.